The van der Waals surface area contributed by atoms with Gasteiger partial charge in [0.15, 0.2) is 0 Å². The molecule has 15 heavy (non-hydrogen) atoms. The minimum absolute atomic E-state index is 0.0773. The van der Waals surface area contributed by atoms with Crippen molar-refractivity contribution in [3.8, 4) is 0 Å². The highest BCUT2D eigenvalue weighted by Gasteiger charge is 2.06. The van der Waals surface area contributed by atoms with E-state index in [1.54, 1.807) is 12.1 Å². The number of carbonyl (C=O) groups is 2. The van der Waals surface area contributed by atoms with Crippen molar-refractivity contribution >= 4 is 11.8 Å². The Morgan fingerprint density at radius 3 is 2.60 bits per heavy atom. The van der Waals surface area contributed by atoms with Crippen molar-refractivity contribution in [2.24, 2.45) is 5.73 Å². The summed E-state index contributed by atoms with van der Waals surface area (Å²) in [6, 6.07) is 7.13. The van der Waals surface area contributed by atoms with Gasteiger partial charge in [0.1, 0.15) is 0 Å². The van der Waals surface area contributed by atoms with Crippen LogP contribution in [0.1, 0.15) is 22.8 Å². The first-order valence-electron chi connectivity index (χ1n) is 4.73. The van der Waals surface area contributed by atoms with E-state index in [4.69, 9.17) is 5.73 Å². The van der Waals surface area contributed by atoms with E-state index in [9.17, 15) is 9.59 Å². The van der Waals surface area contributed by atoms with E-state index in [0.717, 1.165) is 5.56 Å². The highest BCUT2D eigenvalue weighted by atomic mass is 16.1. The molecule has 80 valence electrons. The lowest BCUT2D eigenvalue weighted by atomic mass is 10.0. The van der Waals surface area contributed by atoms with Crippen LogP contribution in [0.15, 0.2) is 24.3 Å². The van der Waals surface area contributed by atoms with Crippen LogP contribution in [0.4, 0.5) is 0 Å². The molecule has 0 atom stereocenters. The van der Waals surface area contributed by atoms with Gasteiger partial charge in [-0.05, 0) is 18.1 Å². The Morgan fingerprint density at radius 1 is 1.33 bits per heavy atom. The van der Waals surface area contributed by atoms with Crippen LogP contribution in [0.25, 0.3) is 0 Å². The fraction of sp³-hybridized carbons (Fsp3) is 0.273. The molecule has 0 radical (unpaired) electrons. The summed E-state index contributed by atoms with van der Waals surface area (Å²) in [5.74, 6) is -0.514. The Bertz CT molecular complexity index is 375. The Labute approximate surface area is 88.5 Å². The fourth-order valence-electron chi connectivity index (χ4n) is 1.35. The third-order valence-electron chi connectivity index (χ3n) is 2.05. The van der Waals surface area contributed by atoms with Crippen molar-refractivity contribution in [2.45, 2.75) is 13.3 Å². The van der Waals surface area contributed by atoms with Crippen LogP contribution < -0.4 is 11.1 Å². The average Bonchev–Trinajstić information content (AvgIpc) is 2.17. The minimum atomic E-state index is -0.437. The first-order chi connectivity index (χ1) is 7.11. The molecule has 0 aliphatic heterocycles. The normalized spacial score (nSPS) is 9.67. The maximum atomic E-state index is 11.1. The topological polar surface area (TPSA) is 72.2 Å². The summed E-state index contributed by atoms with van der Waals surface area (Å²) in [5.41, 5.74) is 6.60. The highest BCUT2D eigenvalue weighted by Crippen LogP contribution is 2.07. The van der Waals surface area contributed by atoms with Gasteiger partial charge in [0.2, 0.25) is 11.8 Å². The molecule has 0 saturated heterocycles. The SMILES string of the molecule is CC(=O)NCCc1ccccc1C(N)=O. The van der Waals surface area contributed by atoms with Crippen molar-refractivity contribution in [1.29, 1.82) is 0 Å². The maximum Gasteiger partial charge on any atom is 0.248 e. The largest absolute Gasteiger partial charge is 0.366 e. The number of nitrogens with one attached hydrogen (secondary N) is 1. The molecular formula is C11H14N2O2. The van der Waals surface area contributed by atoms with Crippen molar-refractivity contribution < 1.29 is 9.59 Å². The maximum absolute atomic E-state index is 11.1. The van der Waals surface area contributed by atoms with Crippen LogP contribution in [-0.4, -0.2) is 18.4 Å². The molecule has 1 aromatic carbocycles. The molecule has 0 fully saturated rings. The number of hydrogen-bond donors (Lipinski definition) is 2. The van der Waals surface area contributed by atoms with E-state index in [1.165, 1.54) is 6.92 Å². The second-order valence-electron chi connectivity index (χ2n) is 3.25. The molecule has 2 amide bonds. The van der Waals surface area contributed by atoms with Gasteiger partial charge in [0, 0.05) is 19.0 Å². The fourth-order valence-corrected chi connectivity index (χ4v) is 1.35. The molecule has 3 N–H and O–H groups in total. The number of benzene rings is 1. The lowest BCUT2D eigenvalue weighted by molar-refractivity contribution is -0.118. The van der Waals surface area contributed by atoms with Crippen LogP contribution in [-0.2, 0) is 11.2 Å². The summed E-state index contributed by atoms with van der Waals surface area (Å²) >= 11 is 0. The Balaban J connectivity index is 2.67. The molecule has 0 aliphatic rings. The highest BCUT2D eigenvalue weighted by molar-refractivity contribution is 5.94. The first kappa shape index (κ1) is 11.2. The van der Waals surface area contributed by atoms with Gasteiger partial charge in [-0.2, -0.15) is 0 Å². The average molecular weight is 206 g/mol. The van der Waals surface area contributed by atoms with Gasteiger partial charge in [0.05, 0.1) is 0 Å². The van der Waals surface area contributed by atoms with E-state index >= 15 is 0 Å². The summed E-state index contributed by atoms with van der Waals surface area (Å²) in [4.78, 5) is 21.7. The second-order valence-corrected chi connectivity index (χ2v) is 3.25. The van der Waals surface area contributed by atoms with E-state index in [-0.39, 0.29) is 5.91 Å². The molecule has 0 aromatic heterocycles. The molecule has 1 rings (SSSR count). The van der Waals surface area contributed by atoms with Crippen LogP contribution in [0.5, 0.6) is 0 Å². The number of amides is 2. The molecule has 4 nitrogen and oxygen atoms in total. The smallest absolute Gasteiger partial charge is 0.248 e. The summed E-state index contributed by atoms with van der Waals surface area (Å²) in [6.45, 7) is 1.97. The summed E-state index contributed by atoms with van der Waals surface area (Å²) in [7, 11) is 0. The molecular weight excluding hydrogens is 192 g/mol. The van der Waals surface area contributed by atoms with Crippen molar-refractivity contribution in [1.82, 2.24) is 5.32 Å². The number of carbonyl (C=O) groups excluding carboxylic acids is 2. The van der Waals surface area contributed by atoms with E-state index < -0.39 is 5.91 Å². The Hall–Kier alpha value is -1.84. The molecule has 0 aliphatic carbocycles. The summed E-state index contributed by atoms with van der Waals surface area (Å²) in [5, 5.41) is 2.67. The van der Waals surface area contributed by atoms with Gasteiger partial charge in [-0.3, -0.25) is 9.59 Å². The van der Waals surface area contributed by atoms with Crippen LogP contribution >= 0.6 is 0 Å². The molecule has 0 spiro atoms. The third-order valence-corrected chi connectivity index (χ3v) is 2.05. The predicted octanol–water partition coefficient (Wildman–Crippen LogP) is 0.464. The van der Waals surface area contributed by atoms with E-state index in [0.29, 0.717) is 18.5 Å². The first-order valence-corrected chi connectivity index (χ1v) is 4.73. The van der Waals surface area contributed by atoms with Gasteiger partial charge in [-0.15, -0.1) is 0 Å². The zero-order chi connectivity index (χ0) is 11.3. The monoisotopic (exact) mass is 206 g/mol. The zero-order valence-corrected chi connectivity index (χ0v) is 8.62. The lowest BCUT2D eigenvalue weighted by Crippen LogP contribution is -2.23. The van der Waals surface area contributed by atoms with E-state index in [1.807, 2.05) is 12.1 Å². The molecule has 4 heteroatoms. The lowest BCUT2D eigenvalue weighted by Gasteiger charge is -2.06. The standard InChI is InChI=1S/C11H14N2O2/c1-8(14)13-7-6-9-4-2-3-5-10(9)11(12)15/h2-5H,6-7H2,1H3,(H2,12,15)(H,13,14). The van der Waals surface area contributed by atoms with Gasteiger partial charge >= 0.3 is 0 Å². The predicted molar refractivity (Wildman–Crippen MR) is 57.3 cm³/mol. The van der Waals surface area contributed by atoms with Crippen molar-refractivity contribution in [3.05, 3.63) is 35.4 Å². The summed E-state index contributed by atoms with van der Waals surface area (Å²) in [6.07, 6.45) is 0.610. The van der Waals surface area contributed by atoms with Crippen molar-refractivity contribution in [2.75, 3.05) is 6.54 Å². The number of nitrogens with two attached hydrogens (primary N) is 1. The van der Waals surface area contributed by atoms with Gasteiger partial charge < -0.3 is 11.1 Å². The third kappa shape index (κ3) is 3.42. The second kappa shape index (κ2) is 5.14. The van der Waals surface area contributed by atoms with Crippen molar-refractivity contribution in [3.63, 3.8) is 0 Å². The van der Waals surface area contributed by atoms with Crippen LogP contribution in [0.2, 0.25) is 0 Å². The quantitative estimate of drug-likeness (QED) is 0.751. The van der Waals surface area contributed by atoms with Gasteiger partial charge in [0.25, 0.3) is 0 Å². The molecule has 1 aromatic rings. The zero-order valence-electron chi connectivity index (χ0n) is 8.62. The number of primary amides is 1. The van der Waals surface area contributed by atoms with Gasteiger partial charge in [-0.25, -0.2) is 0 Å². The molecule has 0 heterocycles. The minimum Gasteiger partial charge on any atom is -0.366 e. The molecule has 0 unspecified atom stereocenters. The Morgan fingerprint density at radius 2 is 2.00 bits per heavy atom. The van der Waals surface area contributed by atoms with Crippen LogP contribution in [0, 0.1) is 0 Å². The van der Waals surface area contributed by atoms with Gasteiger partial charge in [-0.1, -0.05) is 18.2 Å². The number of rotatable bonds is 4. The van der Waals surface area contributed by atoms with Crippen LogP contribution in [0.3, 0.4) is 0 Å². The Kier molecular flexibility index (Phi) is 3.85. The molecule has 0 saturated carbocycles. The number of hydrogen-bond acceptors (Lipinski definition) is 2. The summed E-state index contributed by atoms with van der Waals surface area (Å²) < 4.78 is 0. The van der Waals surface area contributed by atoms with E-state index in [2.05, 4.69) is 5.32 Å². The molecule has 0 bridgehead atoms.